The summed E-state index contributed by atoms with van der Waals surface area (Å²) in [5.74, 6) is -0.110. The van der Waals surface area contributed by atoms with Crippen LogP contribution in [-0.4, -0.2) is 20.9 Å². The summed E-state index contributed by atoms with van der Waals surface area (Å²) < 4.78 is 14.6. The zero-order chi connectivity index (χ0) is 19.9. The molecular weight excluding hydrogens is 375 g/mol. The number of halogens is 1. The predicted octanol–water partition coefficient (Wildman–Crippen LogP) is 4.71. The number of thioether (sulfide) groups is 1. The number of carbonyl (C=O) groups excluding carboxylic acids is 1. The first-order valence-electron chi connectivity index (χ1n) is 8.92. The smallest absolute Gasteiger partial charge is 0.275 e. The van der Waals surface area contributed by atoms with Crippen molar-refractivity contribution in [1.82, 2.24) is 15.0 Å². The number of aryl methyl sites for hydroxylation is 1. The highest BCUT2D eigenvalue weighted by Gasteiger charge is 2.20. The maximum absolute atomic E-state index is 13.1. The molecule has 0 spiro atoms. The van der Waals surface area contributed by atoms with Crippen molar-refractivity contribution in [3.8, 4) is 0 Å². The number of benzene rings is 2. The molecule has 0 fully saturated rings. The zero-order valence-electron chi connectivity index (χ0n) is 15.6. The van der Waals surface area contributed by atoms with Crippen molar-refractivity contribution in [3.63, 3.8) is 0 Å². The summed E-state index contributed by atoms with van der Waals surface area (Å²) in [5, 5.41) is 11.2. The highest BCUT2D eigenvalue weighted by atomic mass is 32.2. The van der Waals surface area contributed by atoms with Gasteiger partial charge in [-0.15, -0.1) is 23.4 Å². The molecular formula is C21H21FN4OS. The highest BCUT2D eigenvalue weighted by molar-refractivity contribution is 7.98. The molecule has 0 saturated heterocycles. The second kappa shape index (κ2) is 9.32. The summed E-state index contributed by atoms with van der Waals surface area (Å²) in [4.78, 5) is 13.8. The molecule has 0 saturated carbocycles. The van der Waals surface area contributed by atoms with Crippen molar-refractivity contribution >= 4 is 23.4 Å². The Morgan fingerprint density at radius 1 is 1.21 bits per heavy atom. The second-order valence-corrected chi connectivity index (χ2v) is 7.15. The molecule has 3 rings (SSSR count). The van der Waals surface area contributed by atoms with E-state index < -0.39 is 0 Å². The van der Waals surface area contributed by atoms with E-state index in [1.165, 1.54) is 34.1 Å². The average molecular weight is 396 g/mol. The van der Waals surface area contributed by atoms with E-state index >= 15 is 0 Å². The van der Waals surface area contributed by atoms with E-state index in [4.69, 9.17) is 0 Å². The van der Waals surface area contributed by atoms with Crippen LogP contribution >= 0.6 is 11.8 Å². The van der Waals surface area contributed by atoms with E-state index in [-0.39, 0.29) is 11.7 Å². The van der Waals surface area contributed by atoms with Crippen molar-refractivity contribution in [2.75, 3.05) is 5.32 Å². The van der Waals surface area contributed by atoms with Crippen LogP contribution in [0.4, 0.5) is 10.1 Å². The van der Waals surface area contributed by atoms with Gasteiger partial charge in [0.15, 0.2) is 5.69 Å². The van der Waals surface area contributed by atoms with Crippen LogP contribution in [0.5, 0.6) is 0 Å². The molecule has 0 aliphatic rings. The van der Waals surface area contributed by atoms with E-state index in [0.29, 0.717) is 29.4 Å². The first kappa shape index (κ1) is 19.8. The SMILES string of the molecule is C=CCn1nnc(CSc2ccc(F)cc2)c1C(=O)Nc1ccc(CC)cc1. The molecule has 1 heterocycles. The Morgan fingerprint density at radius 3 is 2.57 bits per heavy atom. The minimum absolute atomic E-state index is 0.272. The van der Waals surface area contributed by atoms with E-state index in [9.17, 15) is 9.18 Å². The Hall–Kier alpha value is -2.93. The van der Waals surface area contributed by atoms with Crippen molar-refractivity contribution in [1.29, 1.82) is 0 Å². The fourth-order valence-corrected chi connectivity index (χ4v) is 3.47. The van der Waals surface area contributed by atoms with Crippen LogP contribution in [0.25, 0.3) is 0 Å². The summed E-state index contributed by atoms with van der Waals surface area (Å²) >= 11 is 1.47. The number of hydrogen-bond donors (Lipinski definition) is 1. The molecule has 0 aliphatic carbocycles. The fourth-order valence-electron chi connectivity index (χ4n) is 2.64. The molecule has 3 aromatic rings. The van der Waals surface area contributed by atoms with Crippen molar-refractivity contribution in [2.45, 2.75) is 30.5 Å². The van der Waals surface area contributed by atoms with E-state index in [1.807, 2.05) is 24.3 Å². The van der Waals surface area contributed by atoms with Gasteiger partial charge < -0.3 is 5.32 Å². The Balaban J connectivity index is 1.78. The topological polar surface area (TPSA) is 59.8 Å². The molecule has 0 unspecified atom stereocenters. The molecule has 2 aromatic carbocycles. The average Bonchev–Trinajstić information content (AvgIpc) is 3.11. The summed E-state index contributed by atoms with van der Waals surface area (Å²) in [5.41, 5.74) is 2.88. The Kier molecular flexibility index (Phi) is 6.60. The van der Waals surface area contributed by atoms with E-state index in [0.717, 1.165) is 11.3 Å². The van der Waals surface area contributed by atoms with Gasteiger partial charge in [0.2, 0.25) is 0 Å². The summed E-state index contributed by atoms with van der Waals surface area (Å²) in [6, 6.07) is 13.9. The van der Waals surface area contributed by atoms with Crippen LogP contribution in [0, 0.1) is 5.82 Å². The van der Waals surface area contributed by atoms with Crippen LogP contribution in [0.15, 0.2) is 66.1 Å². The number of nitrogens with one attached hydrogen (secondary N) is 1. The molecule has 1 N–H and O–H groups in total. The van der Waals surface area contributed by atoms with Crippen molar-refractivity contribution < 1.29 is 9.18 Å². The molecule has 0 bridgehead atoms. The van der Waals surface area contributed by atoms with Gasteiger partial charge in [0.05, 0.1) is 6.54 Å². The van der Waals surface area contributed by atoms with Gasteiger partial charge >= 0.3 is 0 Å². The van der Waals surface area contributed by atoms with Gasteiger partial charge in [-0.1, -0.05) is 30.3 Å². The third-order valence-corrected chi connectivity index (χ3v) is 5.15. The Bertz CT molecular complexity index is 952. The number of aromatic nitrogens is 3. The number of hydrogen-bond acceptors (Lipinski definition) is 4. The zero-order valence-corrected chi connectivity index (χ0v) is 16.4. The minimum atomic E-state index is -0.282. The third-order valence-electron chi connectivity index (χ3n) is 4.13. The molecule has 0 aliphatic heterocycles. The first-order chi connectivity index (χ1) is 13.6. The van der Waals surface area contributed by atoms with E-state index in [2.05, 4.69) is 29.1 Å². The lowest BCUT2D eigenvalue weighted by Gasteiger charge is -2.09. The monoisotopic (exact) mass is 396 g/mol. The summed E-state index contributed by atoms with van der Waals surface area (Å²) in [6.07, 6.45) is 2.60. The number of allylic oxidation sites excluding steroid dienone is 1. The standard InChI is InChI=1S/C21H21FN4OS/c1-3-13-26-20(21(27)23-17-9-5-15(4-2)6-10-17)19(24-25-26)14-28-18-11-7-16(22)8-12-18/h3,5-12H,1,4,13-14H2,2H3,(H,23,27). The summed E-state index contributed by atoms with van der Waals surface area (Å²) in [7, 11) is 0. The maximum atomic E-state index is 13.1. The van der Waals surface area contributed by atoms with Crippen molar-refractivity contribution in [2.24, 2.45) is 0 Å². The molecule has 144 valence electrons. The third kappa shape index (κ3) is 4.86. The lowest BCUT2D eigenvalue weighted by atomic mass is 10.1. The minimum Gasteiger partial charge on any atom is -0.321 e. The van der Waals surface area contributed by atoms with Gasteiger partial charge in [0.1, 0.15) is 11.5 Å². The van der Waals surface area contributed by atoms with Gasteiger partial charge in [0, 0.05) is 16.3 Å². The van der Waals surface area contributed by atoms with Crippen LogP contribution in [-0.2, 0) is 18.7 Å². The molecule has 5 nitrogen and oxygen atoms in total. The molecule has 28 heavy (non-hydrogen) atoms. The number of rotatable bonds is 8. The van der Waals surface area contributed by atoms with Crippen LogP contribution in [0.3, 0.4) is 0 Å². The fraction of sp³-hybridized carbons (Fsp3) is 0.190. The Morgan fingerprint density at radius 2 is 1.93 bits per heavy atom. The Labute approximate surface area is 167 Å². The van der Waals surface area contributed by atoms with Crippen LogP contribution < -0.4 is 5.32 Å². The molecule has 1 aromatic heterocycles. The summed E-state index contributed by atoms with van der Waals surface area (Å²) in [6.45, 7) is 6.17. The van der Waals surface area contributed by atoms with Gasteiger partial charge in [-0.2, -0.15) is 0 Å². The van der Waals surface area contributed by atoms with Crippen molar-refractivity contribution in [3.05, 3.63) is 84.0 Å². The predicted molar refractivity (Wildman–Crippen MR) is 110 cm³/mol. The quantitative estimate of drug-likeness (QED) is 0.442. The van der Waals surface area contributed by atoms with Crippen LogP contribution in [0.2, 0.25) is 0 Å². The maximum Gasteiger partial charge on any atom is 0.275 e. The first-order valence-corrected chi connectivity index (χ1v) is 9.91. The molecule has 7 heteroatoms. The molecule has 0 atom stereocenters. The highest BCUT2D eigenvalue weighted by Crippen LogP contribution is 2.24. The number of nitrogens with zero attached hydrogens (tertiary/aromatic N) is 3. The number of amides is 1. The number of carbonyl (C=O) groups is 1. The molecule has 0 radical (unpaired) electrons. The van der Waals surface area contributed by atoms with Crippen LogP contribution in [0.1, 0.15) is 28.7 Å². The van der Waals surface area contributed by atoms with E-state index in [1.54, 1.807) is 18.2 Å². The number of anilines is 1. The lowest BCUT2D eigenvalue weighted by Crippen LogP contribution is -2.19. The largest absolute Gasteiger partial charge is 0.321 e. The normalized spacial score (nSPS) is 10.6. The van der Waals surface area contributed by atoms with Gasteiger partial charge in [0.25, 0.3) is 5.91 Å². The molecule has 1 amide bonds. The van der Waals surface area contributed by atoms with Gasteiger partial charge in [-0.05, 0) is 48.4 Å². The lowest BCUT2D eigenvalue weighted by molar-refractivity contribution is 0.101. The van der Waals surface area contributed by atoms with Gasteiger partial charge in [-0.25, -0.2) is 9.07 Å². The second-order valence-electron chi connectivity index (χ2n) is 6.10. The van der Waals surface area contributed by atoms with Gasteiger partial charge in [-0.3, -0.25) is 4.79 Å².